The standard InChI is InChI=1S/C9H13N3O3/c1-6-10-9(15-12-6)3-2-8(13)11-7-4-14-5-7/h7H,2-5H2,1H3,(H,11,13). The summed E-state index contributed by atoms with van der Waals surface area (Å²) in [5, 5.41) is 6.48. The Hall–Kier alpha value is -1.43. The molecule has 82 valence electrons. The Morgan fingerprint density at radius 1 is 1.60 bits per heavy atom. The fourth-order valence-electron chi connectivity index (χ4n) is 1.28. The lowest BCUT2D eigenvalue weighted by Gasteiger charge is -2.26. The van der Waals surface area contributed by atoms with Gasteiger partial charge in [0.2, 0.25) is 11.8 Å². The molecule has 6 heteroatoms. The van der Waals surface area contributed by atoms with Crippen molar-refractivity contribution in [3.05, 3.63) is 11.7 Å². The predicted octanol–water partition coefficient (Wildman–Crippen LogP) is -0.174. The van der Waals surface area contributed by atoms with Gasteiger partial charge in [-0.05, 0) is 6.92 Å². The molecule has 0 aromatic carbocycles. The molecule has 0 aliphatic carbocycles. The van der Waals surface area contributed by atoms with Gasteiger partial charge in [0.1, 0.15) is 0 Å². The van der Waals surface area contributed by atoms with Crippen LogP contribution in [-0.4, -0.2) is 35.3 Å². The van der Waals surface area contributed by atoms with E-state index in [1.807, 2.05) is 0 Å². The van der Waals surface area contributed by atoms with Crippen molar-refractivity contribution in [1.29, 1.82) is 0 Å². The Bertz CT molecular complexity index is 346. The highest BCUT2D eigenvalue weighted by molar-refractivity contribution is 5.76. The molecule has 1 saturated heterocycles. The number of amides is 1. The van der Waals surface area contributed by atoms with Crippen LogP contribution in [0.4, 0.5) is 0 Å². The minimum Gasteiger partial charge on any atom is -0.377 e. The van der Waals surface area contributed by atoms with Crippen molar-refractivity contribution in [3.8, 4) is 0 Å². The fourth-order valence-corrected chi connectivity index (χ4v) is 1.28. The minimum atomic E-state index is -0.000784. The van der Waals surface area contributed by atoms with Crippen LogP contribution < -0.4 is 5.32 Å². The summed E-state index contributed by atoms with van der Waals surface area (Å²) in [5.41, 5.74) is 0. The molecule has 1 aromatic rings. The minimum absolute atomic E-state index is 0.000784. The first-order valence-electron chi connectivity index (χ1n) is 4.90. The molecule has 2 rings (SSSR count). The number of aryl methyl sites for hydroxylation is 2. The number of nitrogens with zero attached hydrogens (tertiary/aromatic N) is 2. The molecular formula is C9H13N3O3. The third kappa shape index (κ3) is 2.76. The smallest absolute Gasteiger partial charge is 0.227 e. The number of hydrogen-bond donors (Lipinski definition) is 1. The summed E-state index contributed by atoms with van der Waals surface area (Å²) < 4.78 is 9.84. The summed E-state index contributed by atoms with van der Waals surface area (Å²) in [6, 6.07) is 0.182. The Kier molecular flexibility index (Phi) is 2.96. The zero-order valence-electron chi connectivity index (χ0n) is 8.52. The predicted molar refractivity (Wildman–Crippen MR) is 50.1 cm³/mol. The summed E-state index contributed by atoms with van der Waals surface area (Å²) in [5.74, 6) is 1.10. The van der Waals surface area contributed by atoms with E-state index < -0.39 is 0 Å². The molecule has 0 saturated carbocycles. The molecule has 15 heavy (non-hydrogen) atoms. The highest BCUT2D eigenvalue weighted by Gasteiger charge is 2.20. The number of carbonyl (C=O) groups excluding carboxylic acids is 1. The summed E-state index contributed by atoms with van der Waals surface area (Å²) in [6.45, 7) is 2.98. The van der Waals surface area contributed by atoms with Gasteiger partial charge in [0, 0.05) is 12.8 Å². The van der Waals surface area contributed by atoms with Crippen LogP contribution in [0, 0.1) is 6.92 Å². The number of carbonyl (C=O) groups is 1. The summed E-state index contributed by atoms with van der Waals surface area (Å²) in [6.07, 6.45) is 0.860. The normalized spacial score (nSPS) is 16.1. The van der Waals surface area contributed by atoms with Crippen molar-refractivity contribution >= 4 is 5.91 Å². The number of hydrogen-bond acceptors (Lipinski definition) is 5. The molecule has 1 aliphatic heterocycles. The van der Waals surface area contributed by atoms with E-state index in [0.29, 0.717) is 37.8 Å². The average Bonchev–Trinajstić information content (AvgIpc) is 2.55. The number of ether oxygens (including phenoxy) is 1. The van der Waals surface area contributed by atoms with Crippen molar-refractivity contribution < 1.29 is 14.1 Å². The summed E-state index contributed by atoms with van der Waals surface area (Å²) in [7, 11) is 0. The first-order chi connectivity index (χ1) is 7.24. The van der Waals surface area contributed by atoms with Crippen molar-refractivity contribution in [2.45, 2.75) is 25.8 Å². The first kappa shape index (κ1) is 10.1. The average molecular weight is 211 g/mol. The van der Waals surface area contributed by atoms with Crippen molar-refractivity contribution in [1.82, 2.24) is 15.5 Å². The van der Waals surface area contributed by atoms with Crippen molar-refractivity contribution in [3.63, 3.8) is 0 Å². The maximum absolute atomic E-state index is 11.4. The molecule has 1 aliphatic rings. The molecule has 0 unspecified atom stereocenters. The van der Waals surface area contributed by atoms with Gasteiger partial charge in [-0.15, -0.1) is 0 Å². The lowest BCUT2D eigenvalue weighted by Crippen LogP contribution is -2.48. The lowest BCUT2D eigenvalue weighted by molar-refractivity contribution is -0.125. The SMILES string of the molecule is Cc1noc(CCC(=O)NC2COC2)n1. The van der Waals surface area contributed by atoms with Crippen LogP contribution in [0.15, 0.2) is 4.52 Å². The number of nitrogens with one attached hydrogen (secondary N) is 1. The van der Waals surface area contributed by atoms with Crippen molar-refractivity contribution in [2.75, 3.05) is 13.2 Å². The zero-order valence-corrected chi connectivity index (χ0v) is 8.52. The zero-order chi connectivity index (χ0) is 10.7. The second-order valence-electron chi connectivity index (χ2n) is 3.54. The van der Waals surface area contributed by atoms with Gasteiger partial charge in [-0.1, -0.05) is 5.16 Å². The van der Waals surface area contributed by atoms with Gasteiger partial charge in [-0.3, -0.25) is 4.79 Å². The van der Waals surface area contributed by atoms with Gasteiger partial charge < -0.3 is 14.6 Å². The van der Waals surface area contributed by atoms with Crippen LogP contribution >= 0.6 is 0 Å². The molecular weight excluding hydrogens is 198 g/mol. The van der Waals surface area contributed by atoms with E-state index in [4.69, 9.17) is 9.26 Å². The maximum Gasteiger partial charge on any atom is 0.227 e. The highest BCUT2D eigenvalue weighted by atomic mass is 16.5. The Labute approximate surface area is 87.0 Å². The summed E-state index contributed by atoms with van der Waals surface area (Å²) >= 11 is 0. The second kappa shape index (κ2) is 4.39. The Balaban J connectivity index is 1.70. The topological polar surface area (TPSA) is 77.2 Å². The molecule has 1 aromatic heterocycles. The van der Waals surface area contributed by atoms with Gasteiger partial charge in [0.25, 0.3) is 0 Å². The molecule has 2 heterocycles. The summed E-state index contributed by atoms with van der Waals surface area (Å²) in [4.78, 5) is 15.4. The van der Waals surface area contributed by atoms with Crippen LogP contribution in [0.1, 0.15) is 18.1 Å². The number of aromatic nitrogens is 2. The quantitative estimate of drug-likeness (QED) is 0.747. The molecule has 6 nitrogen and oxygen atoms in total. The molecule has 1 N–H and O–H groups in total. The van der Waals surface area contributed by atoms with E-state index in [9.17, 15) is 4.79 Å². The van der Waals surface area contributed by atoms with Crippen LogP contribution in [-0.2, 0) is 16.0 Å². The monoisotopic (exact) mass is 211 g/mol. The Morgan fingerprint density at radius 2 is 2.40 bits per heavy atom. The molecule has 1 fully saturated rings. The van der Waals surface area contributed by atoms with Gasteiger partial charge in [0.15, 0.2) is 5.82 Å². The van der Waals surface area contributed by atoms with E-state index in [1.165, 1.54) is 0 Å². The van der Waals surface area contributed by atoms with E-state index in [0.717, 1.165) is 0 Å². The van der Waals surface area contributed by atoms with Crippen LogP contribution in [0.25, 0.3) is 0 Å². The molecule has 0 bridgehead atoms. The molecule has 0 radical (unpaired) electrons. The molecule has 1 amide bonds. The second-order valence-corrected chi connectivity index (χ2v) is 3.54. The Morgan fingerprint density at radius 3 is 2.93 bits per heavy atom. The van der Waals surface area contributed by atoms with Gasteiger partial charge in [-0.25, -0.2) is 0 Å². The van der Waals surface area contributed by atoms with Crippen LogP contribution in [0.3, 0.4) is 0 Å². The molecule has 0 atom stereocenters. The van der Waals surface area contributed by atoms with E-state index in [-0.39, 0.29) is 11.9 Å². The maximum atomic E-state index is 11.4. The van der Waals surface area contributed by atoms with Crippen molar-refractivity contribution in [2.24, 2.45) is 0 Å². The third-order valence-corrected chi connectivity index (χ3v) is 2.14. The van der Waals surface area contributed by atoms with Gasteiger partial charge >= 0.3 is 0 Å². The largest absolute Gasteiger partial charge is 0.377 e. The number of rotatable bonds is 4. The first-order valence-corrected chi connectivity index (χ1v) is 4.90. The van der Waals surface area contributed by atoms with E-state index in [2.05, 4.69) is 15.5 Å². The van der Waals surface area contributed by atoms with Crippen LogP contribution in [0.5, 0.6) is 0 Å². The van der Waals surface area contributed by atoms with E-state index >= 15 is 0 Å². The van der Waals surface area contributed by atoms with Gasteiger partial charge in [-0.2, -0.15) is 4.98 Å². The van der Waals surface area contributed by atoms with E-state index in [1.54, 1.807) is 6.92 Å². The van der Waals surface area contributed by atoms with Gasteiger partial charge in [0.05, 0.1) is 19.3 Å². The fraction of sp³-hybridized carbons (Fsp3) is 0.667. The highest BCUT2D eigenvalue weighted by Crippen LogP contribution is 2.02. The van der Waals surface area contributed by atoms with Crippen LogP contribution in [0.2, 0.25) is 0 Å². The lowest BCUT2D eigenvalue weighted by atomic mass is 10.2. The molecule has 0 spiro atoms. The third-order valence-electron chi connectivity index (χ3n) is 2.14.